The van der Waals surface area contributed by atoms with Crippen molar-refractivity contribution < 1.29 is 14.4 Å². The Morgan fingerprint density at radius 1 is 1.19 bits per heavy atom. The van der Waals surface area contributed by atoms with Crippen molar-refractivity contribution in [2.75, 3.05) is 0 Å². The van der Waals surface area contributed by atoms with Crippen LogP contribution in [-0.4, -0.2) is 10.0 Å². The third-order valence-electron chi connectivity index (χ3n) is 3.38. The molecule has 6 nitrogen and oxygen atoms in total. The fourth-order valence-corrected chi connectivity index (χ4v) is 2.01. The Morgan fingerprint density at radius 3 is 2.33 bits per heavy atom. The Kier molecular flexibility index (Phi) is 4.40. The zero-order valence-electron chi connectivity index (χ0n) is 12.0. The number of nitro groups is 1. The van der Waals surface area contributed by atoms with E-state index in [1.54, 1.807) is 18.2 Å². The molecule has 2 rings (SSSR count). The van der Waals surface area contributed by atoms with Crippen molar-refractivity contribution in [3.63, 3.8) is 0 Å². The fraction of sp³-hybridized carbons (Fsp3) is 0.333. The summed E-state index contributed by atoms with van der Waals surface area (Å²) in [6.45, 7) is 4.36. The molecule has 1 heterocycles. The average molecular weight is 290 g/mol. The molecule has 0 aliphatic heterocycles. The van der Waals surface area contributed by atoms with E-state index in [4.69, 9.17) is 9.52 Å². The smallest absolute Gasteiger partial charge is 0.269 e. The summed E-state index contributed by atoms with van der Waals surface area (Å²) in [5, 5.41) is 23.0. The van der Waals surface area contributed by atoms with Crippen LogP contribution in [0.1, 0.15) is 30.9 Å². The molecule has 0 amide bonds. The first-order valence-corrected chi connectivity index (χ1v) is 6.61. The van der Waals surface area contributed by atoms with Gasteiger partial charge in [0.25, 0.3) is 5.69 Å². The van der Waals surface area contributed by atoms with Crippen LogP contribution in [0.15, 0.2) is 40.8 Å². The minimum Gasteiger partial charge on any atom is -0.462 e. The van der Waals surface area contributed by atoms with Crippen molar-refractivity contribution in [3.8, 4) is 0 Å². The molecule has 6 heteroatoms. The number of nitrogens with one attached hydrogen (secondary N) is 1. The summed E-state index contributed by atoms with van der Waals surface area (Å²) in [5.41, 5.74) is 0.664. The van der Waals surface area contributed by atoms with Gasteiger partial charge in [-0.25, -0.2) is 0 Å². The number of aliphatic hydroxyl groups is 1. The van der Waals surface area contributed by atoms with Gasteiger partial charge in [0.1, 0.15) is 18.1 Å². The van der Waals surface area contributed by atoms with Gasteiger partial charge in [0, 0.05) is 17.7 Å². The highest BCUT2D eigenvalue weighted by molar-refractivity contribution is 5.35. The van der Waals surface area contributed by atoms with Gasteiger partial charge in [0.05, 0.1) is 11.5 Å². The summed E-state index contributed by atoms with van der Waals surface area (Å²) >= 11 is 0. The van der Waals surface area contributed by atoms with Gasteiger partial charge >= 0.3 is 0 Å². The number of non-ortho nitro benzene ring substituents is 1. The molecule has 1 aromatic heterocycles. The van der Waals surface area contributed by atoms with Crippen LogP contribution >= 0.6 is 0 Å². The maximum atomic E-state index is 10.7. The lowest BCUT2D eigenvalue weighted by atomic mass is 9.94. The Labute approximate surface area is 122 Å². The standard InChI is InChI=1S/C15H18N2O4/c1-15(2,11-3-5-12(6-4-11)17(19)20)16-9-13-7-8-14(10-18)21-13/h3-8,16,18H,9-10H2,1-2H3. The molecule has 0 aliphatic carbocycles. The van der Waals surface area contributed by atoms with Crippen LogP contribution in [0.25, 0.3) is 0 Å². The molecule has 112 valence electrons. The first-order valence-electron chi connectivity index (χ1n) is 6.61. The molecule has 0 atom stereocenters. The zero-order valence-corrected chi connectivity index (χ0v) is 12.0. The molecule has 2 aromatic rings. The summed E-state index contributed by atoms with van der Waals surface area (Å²) in [7, 11) is 0. The fourth-order valence-electron chi connectivity index (χ4n) is 2.01. The molecule has 0 fully saturated rings. The molecular weight excluding hydrogens is 272 g/mol. The first-order chi connectivity index (χ1) is 9.92. The van der Waals surface area contributed by atoms with Crippen molar-refractivity contribution in [2.45, 2.75) is 32.5 Å². The highest BCUT2D eigenvalue weighted by Gasteiger charge is 2.21. The number of nitrogens with zero attached hydrogens (tertiary/aromatic N) is 1. The molecule has 0 radical (unpaired) electrons. The lowest BCUT2D eigenvalue weighted by molar-refractivity contribution is -0.384. The molecular formula is C15H18N2O4. The van der Waals surface area contributed by atoms with Crippen molar-refractivity contribution >= 4 is 5.69 Å². The van der Waals surface area contributed by atoms with Gasteiger partial charge in [0.15, 0.2) is 0 Å². The number of aliphatic hydroxyl groups excluding tert-OH is 1. The van der Waals surface area contributed by atoms with Gasteiger partial charge in [-0.15, -0.1) is 0 Å². The molecule has 1 aromatic carbocycles. The topological polar surface area (TPSA) is 88.5 Å². The highest BCUT2D eigenvalue weighted by atomic mass is 16.6. The number of benzene rings is 1. The van der Waals surface area contributed by atoms with E-state index in [1.807, 2.05) is 19.9 Å². The van der Waals surface area contributed by atoms with Crippen molar-refractivity contribution in [3.05, 3.63) is 63.6 Å². The second-order valence-electron chi connectivity index (χ2n) is 5.31. The predicted octanol–water partition coefficient (Wildman–Crippen LogP) is 2.71. The van der Waals surface area contributed by atoms with E-state index in [9.17, 15) is 10.1 Å². The molecule has 0 bridgehead atoms. The third-order valence-corrected chi connectivity index (χ3v) is 3.38. The van der Waals surface area contributed by atoms with Crippen LogP contribution in [0.5, 0.6) is 0 Å². The SMILES string of the molecule is CC(C)(NCc1ccc(CO)o1)c1ccc([N+](=O)[O-])cc1. The number of hydrogen-bond acceptors (Lipinski definition) is 5. The molecule has 0 spiro atoms. The Hall–Kier alpha value is -2.18. The van der Waals surface area contributed by atoms with Crippen LogP contribution in [-0.2, 0) is 18.7 Å². The summed E-state index contributed by atoms with van der Waals surface area (Å²) in [6.07, 6.45) is 0. The molecule has 0 unspecified atom stereocenters. The van der Waals surface area contributed by atoms with E-state index in [-0.39, 0.29) is 17.8 Å². The van der Waals surface area contributed by atoms with Crippen LogP contribution < -0.4 is 5.32 Å². The summed E-state index contributed by atoms with van der Waals surface area (Å²) in [4.78, 5) is 10.2. The molecule has 0 saturated carbocycles. The second kappa shape index (κ2) is 6.07. The van der Waals surface area contributed by atoms with Crippen LogP contribution in [0.4, 0.5) is 5.69 Å². The van der Waals surface area contributed by atoms with Crippen molar-refractivity contribution in [1.82, 2.24) is 5.32 Å². The predicted molar refractivity (Wildman–Crippen MR) is 77.6 cm³/mol. The van der Waals surface area contributed by atoms with Crippen LogP contribution in [0, 0.1) is 10.1 Å². The normalized spacial score (nSPS) is 11.6. The van der Waals surface area contributed by atoms with Gasteiger partial charge in [-0.3, -0.25) is 10.1 Å². The van der Waals surface area contributed by atoms with E-state index in [2.05, 4.69) is 5.32 Å². The minimum atomic E-state index is -0.413. The summed E-state index contributed by atoms with van der Waals surface area (Å²) < 4.78 is 5.41. The lowest BCUT2D eigenvalue weighted by Crippen LogP contribution is -2.35. The van der Waals surface area contributed by atoms with E-state index >= 15 is 0 Å². The van der Waals surface area contributed by atoms with Gasteiger partial charge in [-0.2, -0.15) is 0 Å². The Balaban J connectivity index is 2.04. The Morgan fingerprint density at radius 2 is 1.81 bits per heavy atom. The molecule has 0 saturated heterocycles. The second-order valence-corrected chi connectivity index (χ2v) is 5.31. The quantitative estimate of drug-likeness (QED) is 0.630. The van der Waals surface area contributed by atoms with Gasteiger partial charge in [-0.1, -0.05) is 12.1 Å². The zero-order chi connectivity index (χ0) is 15.5. The Bertz CT molecular complexity index is 617. The van der Waals surface area contributed by atoms with Crippen molar-refractivity contribution in [2.24, 2.45) is 0 Å². The summed E-state index contributed by atoms with van der Waals surface area (Å²) in [6, 6.07) is 10.0. The molecule has 21 heavy (non-hydrogen) atoms. The van der Waals surface area contributed by atoms with Gasteiger partial charge in [0.2, 0.25) is 0 Å². The van der Waals surface area contributed by atoms with Gasteiger partial charge in [-0.05, 0) is 31.5 Å². The average Bonchev–Trinajstić information content (AvgIpc) is 2.93. The third kappa shape index (κ3) is 3.68. The molecule has 0 aliphatic rings. The van der Waals surface area contributed by atoms with Gasteiger partial charge < -0.3 is 14.8 Å². The van der Waals surface area contributed by atoms with E-state index in [1.165, 1.54) is 12.1 Å². The van der Waals surface area contributed by atoms with Crippen molar-refractivity contribution in [1.29, 1.82) is 0 Å². The minimum absolute atomic E-state index is 0.0770. The number of furan rings is 1. The maximum Gasteiger partial charge on any atom is 0.269 e. The number of nitro benzene ring substituents is 1. The largest absolute Gasteiger partial charge is 0.462 e. The van der Waals surface area contributed by atoms with E-state index in [0.29, 0.717) is 12.3 Å². The molecule has 2 N–H and O–H groups in total. The lowest BCUT2D eigenvalue weighted by Gasteiger charge is -2.26. The van der Waals surface area contributed by atoms with E-state index in [0.717, 1.165) is 11.3 Å². The van der Waals surface area contributed by atoms with Crippen LogP contribution in [0.2, 0.25) is 0 Å². The van der Waals surface area contributed by atoms with Crippen LogP contribution in [0.3, 0.4) is 0 Å². The first kappa shape index (κ1) is 15.2. The van der Waals surface area contributed by atoms with E-state index < -0.39 is 4.92 Å². The summed E-state index contributed by atoms with van der Waals surface area (Å²) in [5.74, 6) is 1.26. The highest BCUT2D eigenvalue weighted by Crippen LogP contribution is 2.23. The maximum absolute atomic E-state index is 10.7. The number of hydrogen-bond donors (Lipinski definition) is 2. The monoisotopic (exact) mass is 290 g/mol. The number of rotatable bonds is 6.